The summed E-state index contributed by atoms with van der Waals surface area (Å²) in [4.78, 5) is 31.7. The van der Waals surface area contributed by atoms with Crippen molar-refractivity contribution >= 4 is 22.8 Å². The molecule has 4 aromatic rings. The van der Waals surface area contributed by atoms with Gasteiger partial charge in [0.25, 0.3) is 0 Å². The van der Waals surface area contributed by atoms with Crippen molar-refractivity contribution in [3.8, 4) is 0 Å². The fraction of sp³-hybridized carbons (Fsp3) is 0.296. The van der Waals surface area contributed by atoms with Crippen LogP contribution in [0.2, 0.25) is 0 Å². The first-order valence-corrected chi connectivity index (χ1v) is 11.9. The van der Waals surface area contributed by atoms with Crippen molar-refractivity contribution < 1.29 is 14.3 Å². The summed E-state index contributed by atoms with van der Waals surface area (Å²) >= 11 is 0. The van der Waals surface area contributed by atoms with Crippen LogP contribution in [0.15, 0.2) is 78.3 Å². The number of carbonyl (C=O) groups is 1. The number of hydrogen-bond acceptors (Lipinski definition) is 7. The minimum absolute atomic E-state index is 0.134. The van der Waals surface area contributed by atoms with E-state index in [1.165, 1.54) is 6.33 Å². The third kappa shape index (κ3) is 4.83. The van der Waals surface area contributed by atoms with E-state index in [9.17, 15) is 4.79 Å². The Balaban J connectivity index is 1.65. The Hall–Kier alpha value is -3.91. The second-order valence-electron chi connectivity index (χ2n) is 8.27. The third-order valence-corrected chi connectivity index (χ3v) is 5.97. The molecular formula is C27H27N5O3. The molecule has 2 aromatic carbocycles. The number of aliphatic imine (C=N–C) groups is 1. The predicted molar refractivity (Wildman–Crippen MR) is 132 cm³/mol. The zero-order chi connectivity index (χ0) is 24.0. The van der Waals surface area contributed by atoms with Crippen LogP contribution in [-0.4, -0.2) is 44.4 Å². The predicted octanol–water partition coefficient (Wildman–Crippen LogP) is 4.67. The Labute approximate surface area is 203 Å². The van der Waals surface area contributed by atoms with Gasteiger partial charge >= 0.3 is 5.97 Å². The minimum Gasteiger partial charge on any atom is -0.464 e. The summed E-state index contributed by atoms with van der Waals surface area (Å²) in [5.41, 5.74) is 3.99. The topological polar surface area (TPSA) is 91.5 Å². The molecule has 1 fully saturated rings. The molecule has 0 bridgehead atoms. The first-order valence-electron chi connectivity index (χ1n) is 11.9. The molecule has 35 heavy (non-hydrogen) atoms. The summed E-state index contributed by atoms with van der Waals surface area (Å²) in [6.45, 7) is 2.71. The van der Waals surface area contributed by atoms with Crippen LogP contribution >= 0.6 is 0 Å². The van der Waals surface area contributed by atoms with E-state index in [2.05, 4.69) is 15.0 Å². The summed E-state index contributed by atoms with van der Waals surface area (Å²) in [6.07, 6.45) is 6.03. The summed E-state index contributed by atoms with van der Waals surface area (Å²) in [5, 5.41) is 0. The van der Waals surface area contributed by atoms with Crippen molar-refractivity contribution in [2.24, 2.45) is 4.99 Å². The van der Waals surface area contributed by atoms with Crippen LogP contribution < -0.4 is 0 Å². The number of carbonyl (C=O) groups excluding carboxylic acids is 1. The van der Waals surface area contributed by atoms with Gasteiger partial charge in [-0.25, -0.2) is 19.7 Å². The largest absolute Gasteiger partial charge is 0.464 e. The molecule has 0 saturated carbocycles. The number of benzene rings is 2. The van der Waals surface area contributed by atoms with Crippen molar-refractivity contribution in [1.82, 2.24) is 19.5 Å². The van der Waals surface area contributed by atoms with Crippen LogP contribution in [0.1, 0.15) is 55.3 Å². The Bertz CT molecular complexity index is 1270. The molecule has 3 heterocycles. The van der Waals surface area contributed by atoms with Gasteiger partial charge < -0.3 is 9.47 Å². The Morgan fingerprint density at radius 2 is 1.77 bits per heavy atom. The molecule has 0 N–H and O–H groups in total. The number of rotatable bonds is 7. The van der Waals surface area contributed by atoms with Gasteiger partial charge in [-0.3, -0.25) is 9.56 Å². The number of aromatic nitrogens is 4. The van der Waals surface area contributed by atoms with Crippen LogP contribution in [0.25, 0.3) is 11.2 Å². The molecule has 178 valence electrons. The first kappa shape index (κ1) is 22.9. The highest BCUT2D eigenvalue weighted by Crippen LogP contribution is 2.30. The molecule has 0 spiro atoms. The third-order valence-electron chi connectivity index (χ3n) is 5.97. The minimum atomic E-state index is -1.01. The molecule has 2 unspecified atom stereocenters. The molecule has 0 radical (unpaired) electrons. The summed E-state index contributed by atoms with van der Waals surface area (Å²) < 4.78 is 13.3. The fourth-order valence-corrected chi connectivity index (χ4v) is 4.31. The molecule has 0 amide bonds. The molecule has 1 aliphatic rings. The van der Waals surface area contributed by atoms with Crippen LogP contribution in [-0.2, 0) is 14.3 Å². The number of esters is 1. The van der Waals surface area contributed by atoms with E-state index >= 15 is 0 Å². The van der Waals surface area contributed by atoms with E-state index in [1.54, 1.807) is 13.3 Å². The van der Waals surface area contributed by atoms with Crippen LogP contribution in [0.5, 0.6) is 0 Å². The highest BCUT2D eigenvalue weighted by molar-refractivity contribution is 6.13. The quantitative estimate of drug-likeness (QED) is 0.289. The summed E-state index contributed by atoms with van der Waals surface area (Å²) in [5.74, 6) is -0.486. The van der Waals surface area contributed by atoms with Crippen LogP contribution in [0.3, 0.4) is 0 Å². The maximum absolute atomic E-state index is 13.2. The monoisotopic (exact) mass is 469 g/mol. The van der Waals surface area contributed by atoms with Gasteiger partial charge in [-0.15, -0.1) is 0 Å². The first-order chi connectivity index (χ1) is 17.3. The maximum Gasteiger partial charge on any atom is 0.337 e. The van der Waals surface area contributed by atoms with E-state index in [4.69, 9.17) is 14.5 Å². The van der Waals surface area contributed by atoms with Crippen molar-refractivity contribution in [1.29, 1.82) is 0 Å². The van der Waals surface area contributed by atoms with E-state index in [0.29, 0.717) is 29.2 Å². The number of nitrogens with zero attached hydrogens (tertiary/aromatic N) is 5. The van der Waals surface area contributed by atoms with Gasteiger partial charge in [0.05, 0.1) is 18.6 Å². The molecule has 8 nitrogen and oxygen atoms in total. The fourth-order valence-electron chi connectivity index (χ4n) is 4.31. The lowest BCUT2D eigenvalue weighted by molar-refractivity contribution is -0.144. The highest BCUT2D eigenvalue weighted by Gasteiger charge is 2.29. The van der Waals surface area contributed by atoms with E-state index in [1.807, 2.05) is 65.2 Å². The number of fused-ring (bicyclic) bond motifs is 1. The van der Waals surface area contributed by atoms with Gasteiger partial charge in [-0.1, -0.05) is 60.7 Å². The standard InChI is InChI=1S/C27H27N5O3/c1-2-34-27(33)25(31-22(19-11-5-3-6-12-19)20-13-7-4-8-14-20)23-24-26(29-17-28-23)32(18-30-24)21-15-9-10-16-35-21/h3-8,11-14,17-18,21,25H,2,9-10,15-16H2,1H3. The second kappa shape index (κ2) is 10.6. The SMILES string of the molecule is CCOC(=O)C(N=C(c1ccccc1)c1ccccc1)c1ncnc2c1ncn2C1CCCCO1. The van der Waals surface area contributed by atoms with E-state index in [-0.39, 0.29) is 12.8 Å². The molecular weight excluding hydrogens is 442 g/mol. The molecule has 2 aromatic heterocycles. The molecule has 8 heteroatoms. The lowest BCUT2D eigenvalue weighted by Crippen LogP contribution is -2.20. The van der Waals surface area contributed by atoms with Crippen molar-refractivity contribution in [3.63, 3.8) is 0 Å². The van der Waals surface area contributed by atoms with Gasteiger partial charge in [0.15, 0.2) is 11.7 Å². The highest BCUT2D eigenvalue weighted by atomic mass is 16.5. The summed E-state index contributed by atoms with van der Waals surface area (Å²) in [7, 11) is 0. The van der Waals surface area contributed by atoms with Crippen LogP contribution in [0.4, 0.5) is 0 Å². The maximum atomic E-state index is 13.2. The second-order valence-corrected chi connectivity index (χ2v) is 8.27. The van der Waals surface area contributed by atoms with Gasteiger partial charge in [0.1, 0.15) is 23.8 Å². The summed E-state index contributed by atoms with van der Waals surface area (Å²) in [6, 6.07) is 18.6. The number of hydrogen-bond donors (Lipinski definition) is 0. The lowest BCUT2D eigenvalue weighted by Gasteiger charge is -2.23. The number of ether oxygens (including phenoxy) is 2. The van der Waals surface area contributed by atoms with Crippen LogP contribution in [0, 0.1) is 0 Å². The zero-order valence-corrected chi connectivity index (χ0v) is 19.6. The van der Waals surface area contributed by atoms with E-state index < -0.39 is 12.0 Å². The van der Waals surface area contributed by atoms with Gasteiger partial charge in [-0.05, 0) is 26.2 Å². The van der Waals surface area contributed by atoms with Crippen molar-refractivity contribution in [2.45, 2.75) is 38.5 Å². The van der Waals surface area contributed by atoms with Crippen molar-refractivity contribution in [2.75, 3.05) is 13.2 Å². The Morgan fingerprint density at radius 3 is 2.40 bits per heavy atom. The normalized spacial score (nSPS) is 16.5. The number of imidazole rings is 1. The van der Waals surface area contributed by atoms with E-state index in [0.717, 1.165) is 30.4 Å². The zero-order valence-electron chi connectivity index (χ0n) is 19.6. The molecule has 0 aliphatic carbocycles. The molecule has 5 rings (SSSR count). The Morgan fingerprint density at radius 1 is 1.06 bits per heavy atom. The lowest BCUT2D eigenvalue weighted by atomic mass is 10.0. The average molecular weight is 470 g/mol. The molecule has 1 saturated heterocycles. The molecule has 2 atom stereocenters. The average Bonchev–Trinajstić information content (AvgIpc) is 3.36. The van der Waals surface area contributed by atoms with Crippen molar-refractivity contribution in [3.05, 3.63) is 90.1 Å². The Kier molecular flexibility index (Phi) is 6.90. The van der Waals surface area contributed by atoms with Gasteiger partial charge in [0.2, 0.25) is 0 Å². The van der Waals surface area contributed by atoms with Gasteiger partial charge in [0, 0.05) is 17.7 Å². The smallest absolute Gasteiger partial charge is 0.337 e. The molecule has 1 aliphatic heterocycles. The van der Waals surface area contributed by atoms with Gasteiger partial charge in [-0.2, -0.15) is 0 Å².